The average molecular weight is 268 g/mol. The van der Waals surface area contributed by atoms with Gasteiger partial charge in [0.15, 0.2) is 0 Å². The molecule has 0 unspecified atom stereocenters. The van der Waals surface area contributed by atoms with Gasteiger partial charge in [0.2, 0.25) is 0 Å². The largest absolute Gasteiger partial charge is 0.371 e. The van der Waals surface area contributed by atoms with E-state index in [4.69, 9.17) is 11.6 Å². The fourth-order valence-corrected chi connectivity index (χ4v) is 2.66. The van der Waals surface area contributed by atoms with Crippen molar-refractivity contribution in [2.24, 2.45) is 0 Å². The summed E-state index contributed by atoms with van der Waals surface area (Å²) in [6.45, 7) is 3.17. The molecule has 1 aromatic rings. The number of aromatic nitrogens is 1. The fraction of sp³-hybridized carbons (Fsp3) is 0.643. The number of rotatable bonds is 5. The Bertz CT molecular complexity index is 427. The highest BCUT2D eigenvalue weighted by molar-refractivity contribution is 6.29. The van der Waals surface area contributed by atoms with Crippen LogP contribution in [0.25, 0.3) is 0 Å². The molecule has 0 bridgehead atoms. The SMILES string of the molecule is CCc1nc(Cl)ccc1N(C)CC1(N(C)C)CC1. The summed E-state index contributed by atoms with van der Waals surface area (Å²) in [5.74, 6) is 0. The number of anilines is 1. The van der Waals surface area contributed by atoms with Crippen LogP contribution in [-0.4, -0.2) is 43.1 Å². The number of pyridine rings is 1. The summed E-state index contributed by atoms with van der Waals surface area (Å²) >= 11 is 5.96. The molecule has 1 aromatic heterocycles. The number of halogens is 1. The minimum absolute atomic E-state index is 0.361. The topological polar surface area (TPSA) is 19.4 Å². The lowest BCUT2D eigenvalue weighted by Crippen LogP contribution is -2.41. The fourth-order valence-electron chi connectivity index (χ4n) is 2.49. The second kappa shape index (κ2) is 5.06. The molecule has 0 aliphatic heterocycles. The van der Waals surface area contributed by atoms with Crippen molar-refractivity contribution in [3.63, 3.8) is 0 Å². The van der Waals surface area contributed by atoms with Crippen molar-refractivity contribution >= 4 is 17.3 Å². The van der Waals surface area contributed by atoms with Crippen LogP contribution >= 0.6 is 11.6 Å². The molecular weight excluding hydrogens is 246 g/mol. The maximum atomic E-state index is 5.96. The minimum atomic E-state index is 0.361. The van der Waals surface area contributed by atoms with Gasteiger partial charge in [0.05, 0.1) is 11.4 Å². The molecule has 0 atom stereocenters. The zero-order valence-electron chi connectivity index (χ0n) is 11.7. The molecule has 18 heavy (non-hydrogen) atoms. The van der Waals surface area contributed by atoms with Crippen LogP contribution in [0.2, 0.25) is 5.15 Å². The van der Waals surface area contributed by atoms with Crippen molar-refractivity contribution < 1.29 is 0 Å². The van der Waals surface area contributed by atoms with E-state index in [1.807, 2.05) is 6.07 Å². The molecular formula is C14H22ClN3. The van der Waals surface area contributed by atoms with Gasteiger partial charge in [0, 0.05) is 19.1 Å². The van der Waals surface area contributed by atoms with E-state index in [1.165, 1.54) is 18.5 Å². The Labute approximate surface area is 115 Å². The standard InChI is InChI=1S/C14H22ClN3/c1-5-11-12(6-7-13(15)16-11)18(4)10-14(8-9-14)17(2)3/h6-7H,5,8-10H2,1-4H3. The highest BCUT2D eigenvalue weighted by Crippen LogP contribution is 2.41. The first kappa shape index (κ1) is 13.6. The van der Waals surface area contributed by atoms with Crippen LogP contribution in [0.4, 0.5) is 5.69 Å². The van der Waals surface area contributed by atoms with Crippen molar-refractivity contribution in [1.82, 2.24) is 9.88 Å². The van der Waals surface area contributed by atoms with E-state index in [2.05, 4.69) is 48.9 Å². The zero-order chi connectivity index (χ0) is 13.3. The van der Waals surface area contributed by atoms with Crippen LogP contribution in [0.1, 0.15) is 25.5 Å². The van der Waals surface area contributed by atoms with Crippen molar-refractivity contribution in [1.29, 1.82) is 0 Å². The van der Waals surface area contributed by atoms with Gasteiger partial charge in [-0.15, -0.1) is 0 Å². The molecule has 0 radical (unpaired) electrons. The first-order valence-electron chi connectivity index (χ1n) is 6.52. The summed E-state index contributed by atoms with van der Waals surface area (Å²) in [5.41, 5.74) is 2.65. The molecule has 0 saturated heterocycles. The average Bonchev–Trinajstić information content (AvgIpc) is 3.09. The van der Waals surface area contributed by atoms with E-state index in [-0.39, 0.29) is 0 Å². The van der Waals surface area contributed by atoms with Crippen LogP contribution in [0.3, 0.4) is 0 Å². The molecule has 0 N–H and O–H groups in total. The third kappa shape index (κ3) is 2.62. The monoisotopic (exact) mass is 267 g/mol. The summed E-state index contributed by atoms with van der Waals surface area (Å²) in [7, 11) is 6.48. The van der Waals surface area contributed by atoms with E-state index in [1.54, 1.807) is 0 Å². The normalized spacial score (nSPS) is 17.0. The molecule has 4 heteroatoms. The van der Waals surface area contributed by atoms with E-state index in [0.29, 0.717) is 10.7 Å². The van der Waals surface area contributed by atoms with Crippen LogP contribution < -0.4 is 4.90 Å². The molecule has 0 amide bonds. The Morgan fingerprint density at radius 3 is 2.44 bits per heavy atom. The van der Waals surface area contributed by atoms with Gasteiger partial charge in [-0.05, 0) is 45.5 Å². The van der Waals surface area contributed by atoms with Crippen LogP contribution in [0.5, 0.6) is 0 Å². The van der Waals surface area contributed by atoms with Crippen molar-refractivity contribution in [3.8, 4) is 0 Å². The zero-order valence-corrected chi connectivity index (χ0v) is 12.5. The van der Waals surface area contributed by atoms with Crippen molar-refractivity contribution in [2.75, 3.05) is 32.6 Å². The van der Waals surface area contributed by atoms with Crippen LogP contribution in [0.15, 0.2) is 12.1 Å². The third-order valence-electron chi connectivity index (χ3n) is 3.97. The maximum Gasteiger partial charge on any atom is 0.129 e. The van der Waals surface area contributed by atoms with E-state index < -0.39 is 0 Å². The van der Waals surface area contributed by atoms with E-state index in [9.17, 15) is 0 Å². The van der Waals surface area contributed by atoms with Gasteiger partial charge in [0.25, 0.3) is 0 Å². The molecule has 0 aromatic carbocycles. The molecule has 100 valence electrons. The molecule has 0 spiro atoms. The maximum absolute atomic E-state index is 5.96. The lowest BCUT2D eigenvalue weighted by atomic mass is 10.2. The Hall–Kier alpha value is -0.800. The second-order valence-electron chi connectivity index (χ2n) is 5.43. The Morgan fingerprint density at radius 1 is 1.28 bits per heavy atom. The molecule has 1 saturated carbocycles. The molecule has 1 heterocycles. The number of nitrogens with zero attached hydrogens (tertiary/aromatic N) is 3. The smallest absolute Gasteiger partial charge is 0.129 e. The van der Waals surface area contributed by atoms with Crippen LogP contribution in [0, 0.1) is 0 Å². The number of hydrogen-bond donors (Lipinski definition) is 0. The molecule has 1 fully saturated rings. The van der Waals surface area contributed by atoms with Gasteiger partial charge < -0.3 is 9.80 Å². The minimum Gasteiger partial charge on any atom is -0.371 e. The summed E-state index contributed by atoms with van der Waals surface area (Å²) in [6.07, 6.45) is 3.48. The number of aryl methyl sites for hydroxylation is 1. The van der Waals surface area contributed by atoms with Gasteiger partial charge in [-0.1, -0.05) is 18.5 Å². The molecule has 1 aliphatic rings. The third-order valence-corrected chi connectivity index (χ3v) is 4.18. The lowest BCUT2D eigenvalue weighted by molar-refractivity contribution is 0.276. The second-order valence-corrected chi connectivity index (χ2v) is 5.82. The first-order valence-corrected chi connectivity index (χ1v) is 6.90. The lowest BCUT2D eigenvalue weighted by Gasteiger charge is -2.31. The van der Waals surface area contributed by atoms with Crippen molar-refractivity contribution in [3.05, 3.63) is 23.0 Å². The summed E-state index contributed by atoms with van der Waals surface area (Å²) in [6, 6.07) is 3.96. The van der Waals surface area contributed by atoms with Gasteiger partial charge in [-0.25, -0.2) is 4.98 Å². The van der Waals surface area contributed by atoms with E-state index >= 15 is 0 Å². The Balaban J connectivity index is 2.16. The van der Waals surface area contributed by atoms with Gasteiger partial charge >= 0.3 is 0 Å². The number of likely N-dealkylation sites (N-methyl/N-ethyl adjacent to an activating group) is 2. The summed E-state index contributed by atoms with van der Waals surface area (Å²) in [4.78, 5) is 9.08. The van der Waals surface area contributed by atoms with Gasteiger partial charge in [-0.2, -0.15) is 0 Å². The van der Waals surface area contributed by atoms with Crippen LogP contribution in [-0.2, 0) is 6.42 Å². The molecule has 3 nitrogen and oxygen atoms in total. The first-order chi connectivity index (χ1) is 8.48. The highest BCUT2D eigenvalue weighted by Gasteiger charge is 2.45. The summed E-state index contributed by atoms with van der Waals surface area (Å²) < 4.78 is 0. The Kier molecular flexibility index (Phi) is 3.83. The molecule has 2 rings (SSSR count). The quantitative estimate of drug-likeness (QED) is 0.765. The predicted molar refractivity (Wildman–Crippen MR) is 77.5 cm³/mol. The number of hydrogen-bond acceptors (Lipinski definition) is 3. The highest BCUT2D eigenvalue weighted by atomic mass is 35.5. The summed E-state index contributed by atoms with van der Waals surface area (Å²) in [5, 5.41) is 0.581. The predicted octanol–water partition coefficient (Wildman–Crippen LogP) is 2.83. The van der Waals surface area contributed by atoms with Gasteiger partial charge in [-0.3, -0.25) is 0 Å². The van der Waals surface area contributed by atoms with E-state index in [0.717, 1.165) is 18.7 Å². The van der Waals surface area contributed by atoms with Crippen molar-refractivity contribution in [2.45, 2.75) is 31.7 Å². The Morgan fingerprint density at radius 2 is 1.94 bits per heavy atom. The van der Waals surface area contributed by atoms with Gasteiger partial charge in [0.1, 0.15) is 5.15 Å². The molecule has 1 aliphatic carbocycles.